The number of fused-ring (bicyclic) bond motifs is 2. The van der Waals surface area contributed by atoms with Gasteiger partial charge in [0, 0.05) is 71.9 Å². The van der Waals surface area contributed by atoms with Crippen molar-refractivity contribution in [2.24, 2.45) is 0 Å². The number of hydrogen-bond donors (Lipinski definition) is 2. The van der Waals surface area contributed by atoms with Crippen molar-refractivity contribution in [1.82, 2.24) is 34.7 Å². The summed E-state index contributed by atoms with van der Waals surface area (Å²) in [6, 6.07) is 20.0. The smallest absolute Gasteiger partial charge is 0.246 e. The topological polar surface area (TPSA) is 179 Å². The van der Waals surface area contributed by atoms with Crippen LogP contribution in [0, 0.1) is 0 Å². The van der Waals surface area contributed by atoms with Crippen molar-refractivity contribution >= 4 is 85.9 Å². The molecule has 0 radical (unpaired) electrons. The Morgan fingerprint density at radius 1 is 0.769 bits per heavy atom. The molecule has 0 aliphatic carbocycles. The third-order valence-electron chi connectivity index (χ3n) is 11.0. The van der Waals surface area contributed by atoms with Crippen molar-refractivity contribution in [3.63, 3.8) is 0 Å². The monoisotopic (exact) mass is 913 g/mol. The first-order valence-electron chi connectivity index (χ1n) is 20.6. The van der Waals surface area contributed by atoms with Gasteiger partial charge in [-0.15, -0.1) is 0 Å². The lowest BCUT2D eigenvalue weighted by Gasteiger charge is -2.19. The number of ether oxygens (including phenoxy) is 4. The van der Waals surface area contributed by atoms with Gasteiger partial charge in [0.15, 0.2) is 41.0 Å². The van der Waals surface area contributed by atoms with Crippen LogP contribution in [-0.4, -0.2) is 99.1 Å². The van der Waals surface area contributed by atoms with Crippen molar-refractivity contribution in [1.29, 1.82) is 0 Å². The first kappa shape index (κ1) is 42.9. The van der Waals surface area contributed by atoms with Crippen LogP contribution in [0.25, 0.3) is 39.2 Å². The Kier molecular flexibility index (Phi) is 12.3. The second kappa shape index (κ2) is 18.7. The summed E-state index contributed by atoms with van der Waals surface area (Å²) < 4.78 is 29.9. The summed E-state index contributed by atoms with van der Waals surface area (Å²) in [6.45, 7) is 5.37. The van der Waals surface area contributed by atoms with Gasteiger partial charge in [0.05, 0.1) is 54.6 Å². The summed E-state index contributed by atoms with van der Waals surface area (Å²) in [4.78, 5) is 52.1. The van der Waals surface area contributed by atoms with Crippen LogP contribution in [-0.2, 0) is 9.59 Å². The molecule has 4 aromatic carbocycles. The van der Waals surface area contributed by atoms with Crippen molar-refractivity contribution in [3.8, 4) is 34.3 Å². The Labute approximate surface area is 382 Å². The highest BCUT2D eigenvalue weighted by Crippen LogP contribution is 2.39. The van der Waals surface area contributed by atoms with Crippen LogP contribution in [0.4, 0.5) is 23.0 Å². The van der Waals surface area contributed by atoms with E-state index in [1.165, 1.54) is 24.9 Å². The van der Waals surface area contributed by atoms with Crippen molar-refractivity contribution in [2.45, 2.75) is 25.0 Å². The van der Waals surface area contributed by atoms with Crippen LogP contribution in [0.1, 0.15) is 18.7 Å². The molecule has 0 spiro atoms. The zero-order valence-corrected chi connectivity index (χ0v) is 36.7. The number of halogens is 2. The van der Waals surface area contributed by atoms with E-state index >= 15 is 0 Å². The molecule has 2 atom stereocenters. The number of benzene rings is 4. The average Bonchev–Trinajstić information content (AvgIpc) is 4.13. The van der Waals surface area contributed by atoms with Crippen molar-refractivity contribution in [3.05, 3.63) is 120 Å². The number of methoxy groups -OCH3 is 2. The Hall–Kier alpha value is -7.43. The fraction of sp³-hybridized carbons (Fsp3) is 0.213. The predicted molar refractivity (Wildman–Crippen MR) is 248 cm³/mol. The molecule has 2 saturated heterocycles. The molecule has 2 amide bonds. The second-order valence-corrected chi connectivity index (χ2v) is 16.0. The summed E-state index contributed by atoms with van der Waals surface area (Å²) in [6.07, 6.45) is 9.47. The van der Waals surface area contributed by atoms with Crippen LogP contribution in [0.2, 0.25) is 10.0 Å². The number of nitrogens with one attached hydrogen (secondary N) is 2. The Morgan fingerprint density at radius 3 is 2.12 bits per heavy atom. The third-order valence-corrected chi connectivity index (χ3v) is 11.7. The number of aromatic nitrogens is 5. The number of anilines is 4. The second-order valence-electron chi connectivity index (χ2n) is 15.2. The van der Waals surface area contributed by atoms with Gasteiger partial charge in [-0.05, 0) is 54.6 Å². The van der Waals surface area contributed by atoms with Crippen LogP contribution in [0.5, 0.6) is 23.0 Å². The number of nitrogens with zero attached hydrogens (tertiary/aromatic N) is 7. The van der Waals surface area contributed by atoms with Crippen molar-refractivity contribution in [2.75, 3.05) is 51.0 Å². The van der Waals surface area contributed by atoms with E-state index in [0.29, 0.717) is 117 Å². The number of likely N-dealkylation sites (tertiary alicyclic amines) is 2. The molecule has 2 N–H and O–H groups in total. The lowest BCUT2D eigenvalue weighted by atomic mass is 10.1. The van der Waals surface area contributed by atoms with E-state index in [2.05, 4.69) is 32.2 Å². The fourth-order valence-electron chi connectivity index (χ4n) is 7.74. The molecular weight excluding hydrogens is 873 g/mol. The van der Waals surface area contributed by atoms with Gasteiger partial charge in [-0.3, -0.25) is 9.59 Å². The van der Waals surface area contributed by atoms with Crippen LogP contribution in [0.15, 0.2) is 109 Å². The summed E-state index contributed by atoms with van der Waals surface area (Å²) in [5.74, 6) is 3.40. The van der Waals surface area contributed by atoms with Crippen LogP contribution >= 0.6 is 23.2 Å². The number of amides is 2. The first-order valence-corrected chi connectivity index (χ1v) is 21.3. The molecule has 16 nitrogen and oxygen atoms in total. The molecule has 9 rings (SSSR count). The summed E-state index contributed by atoms with van der Waals surface area (Å²) >= 11 is 12.4. The summed E-state index contributed by atoms with van der Waals surface area (Å²) in [5, 5.41) is 8.90. The molecular formula is C47H41Cl2N9O7. The van der Waals surface area contributed by atoms with Gasteiger partial charge in [0.1, 0.15) is 30.2 Å². The molecule has 2 aliphatic heterocycles. The number of oxazole rings is 1. The summed E-state index contributed by atoms with van der Waals surface area (Å²) in [7, 11) is 3.11. The highest BCUT2D eigenvalue weighted by molar-refractivity contribution is 6.42. The highest BCUT2D eigenvalue weighted by Gasteiger charge is 2.29. The van der Waals surface area contributed by atoms with Crippen LogP contribution in [0.3, 0.4) is 0 Å². The Morgan fingerprint density at radius 2 is 1.45 bits per heavy atom. The number of hydrogen-bond acceptors (Lipinski definition) is 14. The Bertz CT molecular complexity index is 2970. The molecule has 7 aromatic rings. The molecule has 0 bridgehead atoms. The molecule has 65 heavy (non-hydrogen) atoms. The minimum Gasteiger partial charge on any atom is -0.493 e. The molecule has 18 heteroatoms. The van der Waals surface area contributed by atoms with E-state index in [9.17, 15) is 9.59 Å². The minimum absolute atomic E-state index is 0.145. The van der Waals surface area contributed by atoms with E-state index in [4.69, 9.17) is 56.5 Å². The van der Waals surface area contributed by atoms with Gasteiger partial charge in [0.25, 0.3) is 0 Å². The lowest BCUT2D eigenvalue weighted by Crippen LogP contribution is -2.29. The fourth-order valence-corrected chi connectivity index (χ4v) is 8.03. The zero-order valence-electron chi connectivity index (χ0n) is 35.2. The molecule has 0 saturated carbocycles. The molecule has 2 unspecified atom stereocenters. The van der Waals surface area contributed by atoms with Crippen molar-refractivity contribution < 1.29 is 33.0 Å². The summed E-state index contributed by atoms with van der Waals surface area (Å²) in [5.41, 5.74) is 3.40. The maximum absolute atomic E-state index is 13.7. The van der Waals surface area contributed by atoms with Gasteiger partial charge >= 0.3 is 0 Å². The third kappa shape index (κ3) is 9.44. The predicted octanol–water partition coefficient (Wildman–Crippen LogP) is 8.90. The van der Waals surface area contributed by atoms with Gasteiger partial charge in [-0.2, -0.15) is 0 Å². The van der Waals surface area contributed by atoms with Gasteiger partial charge < -0.3 is 43.8 Å². The van der Waals surface area contributed by atoms with Gasteiger partial charge in [-0.1, -0.05) is 41.9 Å². The standard InChI is InChI=1S/C47H41Cl2N9O7/c1-4-44(59)57-14-12-30(23-57)64-41-19-33-37(21-39(41)62-3)55-43(56-47(33)54-28-7-5-6-27(16-28)42-22-50-26-63-42)10-11-45(60)58-15-13-31(24-58)65-40-18-32-36(20-38(40)61-2)51-25-52-46(32)53-29-8-9-34(48)35(49)17-29/h4-11,16-22,25-26,30-31H,1,12-15,23-24H2,2-3H3,(H,51,52,53)(H,54,55,56)/b11-10-. The Balaban J connectivity index is 0.951. The van der Waals surface area contributed by atoms with E-state index in [1.54, 1.807) is 66.6 Å². The SMILES string of the molecule is C=CC(=O)N1CCC(Oc2cc3c(Nc4cccc(-c5cnco5)c4)nc(/C=C\C(=O)N4CCC(Oc5cc6c(Nc7ccc(Cl)c(Cl)c7)ncnc6cc5OC)C4)nc3cc2OC)C1. The van der Waals surface area contributed by atoms with E-state index in [0.717, 1.165) is 11.3 Å². The van der Waals surface area contributed by atoms with E-state index in [-0.39, 0.29) is 29.8 Å². The average molecular weight is 915 g/mol. The zero-order chi connectivity index (χ0) is 45.0. The quantitative estimate of drug-likeness (QED) is 0.0988. The molecule has 330 valence electrons. The van der Waals surface area contributed by atoms with Gasteiger partial charge in [0.2, 0.25) is 11.8 Å². The first-order chi connectivity index (χ1) is 31.6. The molecule has 3 aromatic heterocycles. The number of carbonyl (C=O) groups is 2. The molecule has 5 heterocycles. The maximum atomic E-state index is 13.7. The van der Waals surface area contributed by atoms with E-state index in [1.807, 2.05) is 36.4 Å². The lowest BCUT2D eigenvalue weighted by molar-refractivity contribution is -0.126. The normalized spacial score (nSPS) is 16.0. The molecule has 2 aliphatic rings. The van der Waals surface area contributed by atoms with E-state index < -0.39 is 0 Å². The number of carbonyl (C=O) groups excluding carboxylic acids is 2. The maximum Gasteiger partial charge on any atom is 0.246 e. The number of rotatable bonds is 14. The van der Waals surface area contributed by atoms with Gasteiger partial charge in [-0.25, -0.2) is 24.9 Å². The highest BCUT2D eigenvalue weighted by atomic mass is 35.5. The van der Waals surface area contributed by atoms with Crippen LogP contribution < -0.4 is 29.6 Å². The minimum atomic E-state index is -0.325. The molecule has 2 fully saturated rings. The largest absolute Gasteiger partial charge is 0.493 e.